The Morgan fingerprint density at radius 2 is 1.63 bits per heavy atom. The van der Waals surface area contributed by atoms with Crippen molar-refractivity contribution in [1.82, 2.24) is 4.72 Å². The molecule has 0 atom stereocenters. The highest BCUT2D eigenvalue weighted by molar-refractivity contribution is 9.10. The summed E-state index contributed by atoms with van der Waals surface area (Å²) in [5.41, 5.74) is -0.438. The van der Waals surface area contributed by atoms with Crippen LogP contribution in [0.25, 0.3) is 0 Å². The van der Waals surface area contributed by atoms with Gasteiger partial charge in [0.2, 0.25) is 10.0 Å². The summed E-state index contributed by atoms with van der Waals surface area (Å²) in [6, 6.07) is 6.84. The third-order valence-corrected chi connectivity index (χ3v) is 5.22. The molecule has 0 spiro atoms. The molecule has 0 radical (unpaired) electrons. The van der Waals surface area contributed by atoms with Gasteiger partial charge in [0.25, 0.3) is 0 Å². The maximum atomic E-state index is 12.4. The molecule has 3 nitrogen and oxygen atoms in total. The van der Waals surface area contributed by atoms with Gasteiger partial charge in [-0.3, -0.25) is 0 Å². The van der Waals surface area contributed by atoms with E-state index in [1.165, 1.54) is 0 Å². The Balaban J connectivity index is 3.01. The summed E-state index contributed by atoms with van der Waals surface area (Å²) in [6.45, 7) is 10.1. The van der Waals surface area contributed by atoms with E-state index in [2.05, 4.69) is 41.4 Å². The van der Waals surface area contributed by atoms with Gasteiger partial charge in [-0.1, -0.05) is 32.9 Å². The standard InChI is InChI=1S/C14H22BrNO2S/c1-13(2,3)10-14(4,5)16-19(17,18)12-9-7-6-8-11(12)15/h6-9,16H,10H2,1-5H3. The fourth-order valence-electron chi connectivity index (χ4n) is 2.44. The van der Waals surface area contributed by atoms with Gasteiger partial charge in [-0.25, -0.2) is 13.1 Å². The smallest absolute Gasteiger partial charge is 0.207 e. The van der Waals surface area contributed by atoms with E-state index >= 15 is 0 Å². The van der Waals surface area contributed by atoms with Gasteiger partial charge in [0.05, 0.1) is 4.90 Å². The van der Waals surface area contributed by atoms with Crippen molar-refractivity contribution in [3.05, 3.63) is 28.7 Å². The molecule has 0 aliphatic rings. The lowest BCUT2D eigenvalue weighted by Gasteiger charge is -2.33. The normalized spacial score (nSPS) is 13.6. The molecule has 0 bridgehead atoms. The molecule has 1 aromatic rings. The first kappa shape index (κ1) is 16.7. The second kappa shape index (κ2) is 5.54. The lowest BCUT2D eigenvalue weighted by Crippen LogP contribution is -2.45. The zero-order valence-electron chi connectivity index (χ0n) is 12.1. The van der Waals surface area contributed by atoms with Crippen molar-refractivity contribution in [3.8, 4) is 0 Å². The van der Waals surface area contributed by atoms with Crippen LogP contribution < -0.4 is 4.72 Å². The van der Waals surface area contributed by atoms with Crippen LogP contribution in [0.4, 0.5) is 0 Å². The van der Waals surface area contributed by atoms with E-state index in [9.17, 15) is 8.42 Å². The van der Waals surface area contributed by atoms with Crippen LogP contribution in [0.3, 0.4) is 0 Å². The lowest BCUT2D eigenvalue weighted by atomic mass is 9.82. The second-order valence-corrected chi connectivity index (χ2v) is 9.16. The molecule has 108 valence electrons. The van der Waals surface area contributed by atoms with Crippen molar-refractivity contribution in [2.24, 2.45) is 5.41 Å². The molecule has 0 aliphatic heterocycles. The summed E-state index contributed by atoms with van der Waals surface area (Å²) >= 11 is 3.28. The Morgan fingerprint density at radius 3 is 2.11 bits per heavy atom. The number of hydrogen-bond donors (Lipinski definition) is 1. The van der Waals surface area contributed by atoms with Gasteiger partial charge >= 0.3 is 0 Å². The molecule has 1 N–H and O–H groups in total. The molecule has 0 unspecified atom stereocenters. The van der Waals surface area contributed by atoms with Crippen molar-refractivity contribution in [1.29, 1.82) is 0 Å². The number of benzene rings is 1. The fraction of sp³-hybridized carbons (Fsp3) is 0.571. The van der Waals surface area contributed by atoms with E-state index in [1.807, 2.05) is 13.8 Å². The fourth-order valence-corrected chi connectivity index (χ4v) is 4.86. The minimum atomic E-state index is -3.52. The lowest BCUT2D eigenvalue weighted by molar-refractivity contribution is 0.269. The zero-order chi connectivity index (χ0) is 14.9. The molecule has 5 heteroatoms. The van der Waals surface area contributed by atoms with Gasteiger partial charge in [0.1, 0.15) is 0 Å². The quantitative estimate of drug-likeness (QED) is 0.896. The molecule has 0 fully saturated rings. The summed E-state index contributed by atoms with van der Waals surface area (Å²) < 4.78 is 28.2. The topological polar surface area (TPSA) is 46.2 Å². The molecule has 0 aromatic heterocycles. The molecule has 0 amide bonds. The van der Waals surface area contributed by atoms with E-state index in [0.717, 1.165) is 6.42 Å². The van der Waals surface area contributed by atoms with Gasteiger partial charge in [-0.2, -0.15) is 0 Å². The highest BCUT2D eigenvalue weighted by Gasteiger charge is 2.31. The molecule has 1 aromatic carbocycles. The van der Waals surface area contributed by atoms with Crippen LogP contribution in [0.15, 0.2) is 33.6 Å². The maximum absolute atomic E-state index is 12.4. The van der Waals surface area contributed by atoms with Gasteiger partial charge in [-0.15, -0.1) is 0 Å². The first-order valence-corrected chi connectivity index (χ1v) is 8.49. The van der Waals surface area contributed by atoms with Crippen LogP contribution in [0.2, 0.25) is 0 Å². The van der Waals surface area contributed by atoms with Gasteiger partial charge in [0, 0.05) is 10.0 Å². The van der Waals surface area contributed by atoms with Gasteiger partial charge in [0.15, 0.2) is 0 Å². The molecular formula is C14H22BrNO2S. The van der Waals surface area contributed by atoms with E-state index in [-0.39, 0.29) is 10.3 Å². The first-order valence-electron chi connectivity index (χ1n) is 6.22. The molecule has 0 saturated carbocycles. The van der Waals surface area contributed by atoms with Crippen LogP contribution in [0.1, 0.15) is 41.0 Å². The summed E-state index contributed by atoms with van der Waals surface area (Å²) in [7, 11) is -3.52. The molecule has 0 aliphatic carbocycles. The Bertz CT molecular complexity index is 545. The molecule has 0 heterocycles. The molecule has 0 saturated heterocycles. The first-order chi connectivity index (χ1) is 8.43. The highest BCUT2D eigenvalue weighted by Crippen LogP contribution is 2.29. The predicted molar refractivity (Wildman–Crippen MR) is 82.6 cm³/mol. The largest absolute Gasteiger partial charge is 0.242 e. The molecular weight excluding hydrogens is 326 g/mol. The third kappa shape index (κ3) is 5.24. The number of nitrogens with one attached hydrogen (secondary N) is 1. The minimum absolute atomic E-state index is 0.0555. The van der Waals surface area contributed by atoms with Crippen LogP contribution in [0.5, 0.6) is 0 Å². The van der Waals surface area contributed by atoms with E-state index in [4.69, 9.17) is 0 Å². The minimum Gasteiger partial charge on any atom is -0.207 e. The van der Waals surface area contributed by atoms with E-state index < -0.39 is 15.6 Å². The van der Waals surface area contributed by atoms with Gasteiger partial charge in [-0.05, 0) is 53.7 Å². The Morgan fingerprint density at radius 1 is 1.11 bits per heavy atom. The number of hydrogen-bond acceptors (Lipinski definition) is 2. The second-order valence-electron chi connectivity index (χ2n) is 6.66. The summed E-state index contributed by atoms with van der Waals surface area (Å²) in [5, 5.41) is 0. The summed E-state index contributed by atoms with van der Waals surface area (Å²) in [4.78, 5) is 0.275. The Hall–Kier alpha value is -0.390. The predicted octanol–water partition coefficient (Wildman–Crippen LogP) is 3.94. The average molecular weight is 348 g/mol. The van der Waals surface area contributed by atoms with Crippen LogP contribution in [0, 0.1) is 5.41 Å². The van der Waals surface area contributed by atoms with E-state index in [0.29, 0.717) is 4.47 Å². The van der Waals surface area contributed by atoms with Crippen molar-refractivity contribution >= 4 is 26.0 Å². The Labute approximate surface area is 125 Å². The summed E-state index contributed by atoms with van der Waals surface area (Å²) in [5.74, 6) is 0. The average Bonchev–Trinajstić information content (AvgIpc) is 2.11. The number of rotatable bonds is 4. The van der Waals surface area contributed by atoms with Crippen molar-refractivity contribution in [2.75, 3.05) is 0 Å². The van der Waals surface area contributed by atoms with Crippen LogP contribution >= 0.6 is 15.9 Å². The Kier molecular flexibility index (Phi) is 4.86. The van der Waals surface area contributed by atoms with Gasteiger partial charge < -0.3 is 0 Å². The van der Waals surface area contributed by atoms with Crippen LogP contribution in [-0.4, -0.2) is 14.0 Å². The van der Waals surface area contributed by atoms with Crippen molar-refractivity contribution in [3.63, 3.8) is 0 Å². The van der Waals surface area contributed by atoms with Crippen molar-refractivity contribution < 1.29 is 8.42 Å². The number of halogens is 1. The molecule has 1 rings (SSSR count). The third-order valence-electron chi connectivity index (χ3n) is 2.51. The van der Waals surface area contributed by atoms with E-state index in [1.54, 1.807) is 24.3 Å². The maximum Gasteiger partial charge on any atom is 0.242 e. The van der Waals surface area contributed by atoms with Crippen LogP contribution in [-0.2, 0) is 10.0 Å². The zero-order valence-corrected chi connectivity index (χ0v) is 14.5. The summed E-state index contributed by atoms with van der Waals surface area (Å²) in [6.07, 6.45) is 0.754. The number of sulfonamides is 1. The highest BCUT2D eigenvalue weighted by atomic mass is 79.9. The SMILES string of the molecule is CC(C)(C)CC(C)(C)NS(=O)(=O)c1ccccc1Br. The molecule has 19 heavy (non-hydrogen) atoms. The monoisotopic (exact) mass is 347 g/mol. The van der Waals surface area contributed by atoms with Crippen molar-refractivity contribution in [2.45, 2.75) is 51.5 Å².